The fraction of sp³-hybridized carbons (Fsp3) is 0. The molecule has 1 aromatic heterocycles. The van der Waals surface area contributed by atoms with Crippen LogP contribution in [0.15, 0.2) is 18.5 Å². The van der Waals surface area contributed by atoms with Crippen molar-refractivity contribution in [1.29, 1.82) is 0 Å². The maximum atomic E-state index is 10.9. The molecular formula is C8H8IN5O3. The van der Waals surface area contributed by atoms with Gasteiger partial charge in [0.05, 0.1) is 0 Å². The van der Waals surface area contributed by atoms with Gasteiger partial charge >= 0.3 is 106 Å². The molecule has 0 amide bonds. The van der Waals surface area contributed by atoms with Crippen LogP contribution in [-0.4, -0.2) is 9.91 Å². The summed E-state index contributed by atoms with van der Waals surface area (Å²) in [7, 11) is 0. The van der Waals surface area contributed by atoms with Gasteiger partial charge in [0.1, 0.15) is 0 Å². The average molecular weight is 349 g/mol. The Morgan fingerprint density at radius 1 is 1.53 bits per heavy atom. The second-order valence-electron chi connectivity index (χ2n) is 3.08. The molecule has 0 saturated heterocycles. The number of nitrogens with two attached hydrogens (primary N) is 2. The second-order valence-corrected chi connectivity index (χ2v) is 4.03. The predicted octanol–water partition coefficient (Wildman–Crippen LogP) is -3.20. The van der Waals surface area contributed by atoms with Gasteiger partial charge < -0.3 is 0 Å². The van der Waals surface area contributed by atoms with E-state index in [2.05, 4.69) is 9.97 Å². The van der Waals surface area contributed by atoms with Crippen LogP contribution in [0.2, 0.25) is 0 Å². The number of anilines is 1. The normalized spacial score (nSPS) is 10.6. The first-order valence-corrected chi connectivity index (χ1v) is 6.51. The number of hydrogen-bond donors (Lipinski definition) is 2. The first-order valence-electron chi connectivity index (χ1n) is 4.38. The van der Waals surface area contributed by atoms with Crippen molar-refractivity contribution < 1.29 is 34.9 Å². The number of nitrogen functional groups attached to an aromatic ring is 1. The Labute approximate surface area is 106 Å². The SMILES string of the molecule is N[I-]Oc1cc2nc[nH+]c(N)c2cc1[N+](=O)[O-]. The first-order chi connectivity index (χ1) is 8.13. The molecule has 90 valence electrons. The minimum absolute atomic E-state index is 0.121. The van der Waals surface area contributed by atoms with Crippen LogP contribution < -0.4 is 39.6 Å². The number of benzene rings is 1. The van der Waals surface area contributed by atoms with Gasteiger partial charge in [0, 0.05) is 0 Å². The molecule has 0 aliphatic rings. The van der Waals surface area contributed by atoms with Gasteiger partial charge in [-0.05, 0) is 0 Å². The van der Waals surface area contributed by atoms with E-state index in [-0.39, 0.29) is 11.4 Å². The van der Waals surface area contributed by atoms with Crippen LogP contribution in [0.4, 0.5) is 11.5 Å². The van der Waals surface area contributed by atoms with E-state index in [1.165, 1.54) is 18.5 Å². The fourth-order valence-electron chi connectivity index (χ4n) is 1.38. The standard InChI is InChI=1S/C8H7IN5O3/c10-8-4-1-6(14(15)16)7(17-9-11)2-5(4)12-3-13-8/h1-3H,11H2,(H2,10,12,13)/q-1/p+1. The molecule has 0 saturated carbocycles. The van der Waals surface area contributed by atoms with E-state index < -0.39 is 26.8 Å². The van der Waals surface area contributed by atoms with Crippen LogP contribution in [0, 0.1) is 10.1 Å². The molecule has 8 nitrogen and oxygen atoms in total. The third-order valence-corrected chi connectivity index (χ3v) is 2.84. The van der Waals surface area contributed by atoms with Crippen LogP contribution in [0.25, 0.3) is 10.9 Å². The molecule has 1 aromatic carbocycles. The molecule has 0 unspecified atom stereocenters. The van der Waals surface area contributed by atoms with E-state index in [1.54, 1.807) is 0 Å². The summed E-state index contributed by atoms with van der Waals surface area (Å²) < 4.78 is 10.4. The quantitative estimate of drug-likeness (QED) is 0.260. The molecule has 9 heteroatoms. The molecule has 2 rings (SSSR count). The summed E-state index contributed by atoms with van der Waals surface area (Å²) in [5.41, 5.74) is 6.02. The van der Waals surface area contributed by atoms with Crippen molar-refractivity contribution in [3.05, 3.63) is 28.6 Å². The van der Waals surface area contributed by atoms with E-state index in [0.717, 1.165) is 0 Å². The number of aromatic amines is 1. The van der Waals surface area contributed by atoms with Crippen molar-refractivity contribution in [3.8, 4) is 5.75 Å². The predicted molar refractivity (Wildman–Crippen MR) is 54.2 cm³/mol. The fourth-order valence-corrected chi connectivity index (χ4v) is 2.01. The van der Waals surface area contributed by atoms with E-state index in [1.807, 2.05) is 0 Å². The van der Waals surface area contributed by atoms with Gasteiger partial charge in [0.2, 0.25) is 0 Å². The number of nitrogens with zero attached hydrogens (tertiary/aromatic N) is 2. The van der Waals surface area contributed by atoms with E-state index in [4.69, 9.17) is 12.7 Å². The molecule has 0 bridgehead atoms. The molecule has 5 N–H and O–H groups in total. The Hall–Kier alpha value is -1.75. The minimum atomic E-state index is -1.05. The molecule has 1 heterocycles. The van der Waals surface area contributed by atoms with E-state index >= 15 is 0 Å². The monoisotopic (exact) mass is 349 g/mol. The second kappa shape index (κ2) is 4.63. The van der Waals surface area contributed by atoms with Crippen LogP contribution in [0.5, 0.6) is 5.75 Å². The van der Waals surface area contributed by atoms with Crippen molar-refractivity contribution >= 4 is 22.4 Å². The Balaban J connectivity index is 2.72. The first kappa shape index (κ1) is 11.7. The maximum absolute atomic E-state index is 10.9. The zero-order valence-corrected chi connectivity index (χ0v) is 10.5. The summed E-state index contributed by atoms with van der Waals surface area (Å²) in [4.78, 5) is 17.0. The van der Waals surface area contributed by atoms with E-state index in [9.17, 15) is 10.1 Å². The van der Waals surface area contributed by atoms with Crippen LogP contribution in [-0.2, 0) is 0 Å². The molecular weight excluding hydrogens is 341 g/mol. The summed E-state index contributed by atoms with van der Waals surface area (Å²) in [5.74, 6) is 0.433. The van der Waals surface area contributed by atoms with Gasteiger partial charge in [-0.25, -0.2) is 0 Å². The van der Waals surface area contributed by atoms with Crippen LogP contribution in [0.1, 0.15) is 0 Å². The number of nitro benzene ring substituents is 1. The third-order valence-electron chi connectivity index (χ3n) is 2.12. The molecule has 2 aromatic rings. The summed E-state index contributed by atoms with van der Waals surface area (Å²) in [5, 5.41) is 11.4. The molecule has 17 heavy (non-hydrogen) atoms. The molecule has 0 aliphatic heterocycles. The zero-order valence-electron chi connectivity index (χ0n) is 8.38. The Morgan fingerprint density at radius 3 is 2.94 bits per heavy atom. The van der Waals surface area contributed by atoms with Gasteiger partial charge in [-0.15, -0.1) is 0 Å². The van der Waals surface area contributed by atoms with Crippen molar-refractivity contribution in [2.45, 2.75) is 0 Å². The zero-order chi connectivity index (χ0) is 12.4. The average Bonchev–Trinajstić information content (AvgIpc) is 2.29. The van der Waals surface area contributed by atoms with E-state index in [0.29, 0.717) is 16.7 Å². The molecule has 0 spiro atoms. The molecule has 0 fully saturated rings. The summed E-state index contributed by atoms with van der Waals surface area (Å²) in [6, 6.07) is 2.78. The Morgan fingerprint density at radius 2 is 2.29 bits per heavy atom. The number of rotatable bonds is 3. The Kier molecular flexibility index (Phi) is 3.19. The summed E-state index contributed by atoms with van der Waals surface area (Å²) in [6.45, 7) is 0. The molecule has 0 aliphatic carbocycles. The number of hydrogen-bond acceptors (Lipinski definition) is 6. The Bertz CT molecular complexity index is 591. The molecule has 0 atom stereocenters. The number of nitro groups is 1. The third kappa shape index (κ3) is 2.19. The van der Waals surface area contributed by atoms with Gasteiger partial charge in [0.25, 0.3) is 0 Å². The molecule has 0 radical (unpaired) electrons. The summed E-state index contributed by atoms with van der Waals surface area (Å²) in [6.07, 6.45) is 1.41. The van der Waals surface area contributed by atoms with Gasteiger partial charge in [-0.2, -0.15) is 0 Å². The number of aromatic nitrogens is 2. The van der Waals surface area contributed by atoms with Crippen LogP contribution in [0.3, 0.4) is 0 Å². The van der Waals surface area contributed by atoms with Gasteiger partial charge in [0.15, 0.2) is 0 Å². The number of halogens is 1. The summed E-state index contributed by atoms with van der Waals surface area (Å²) >= 11 is -1.05. The van der Waals surface area contributed by atoms with Gasteiger partial charge in [-0.3, -0.25) is 0 Å². The number of nitrogens with one attached hydrogen (secondary N) is 1. The van der Waals surface area contributed by atoms with Crippen molar-refractivity contribution in [3.63, 3.8) is 0 Å². The van der Waals surface area contributed by atoms with Crippen molar-refractivity contribution in [2.24, 2.45) is 3.95 Å². The number of H-pyrrole nitrogens is 1. The van der Waals surface area contributed by atoms with Gasteiger partial charge in [-0.1, -0.05) is 0 Å². The van der Waals surface area contributed by atoms with Crippen molar-refractivity contribution in [2.75, 3.05) is 5.73 Å². The van der Waals surface area contributed by atoms with Crippen molar-refractivity contribution in [1.82, 2.24) is 4.98 Å². The van der Waals surface area contributed by atoms with Crippen LogP contribution >= 0.6 is 0 Å². The number of fused-ring (bicyclic) bond motifs is 1. The topological polar surface area (TPSA) is 131 Å².